The van der Waals surface area contributed by atoms with E-state index in [1.807, 2.05) is 73.9 Å². The van der Waals surface area contributed by atoms with Crippen molar-refractivity contribution in [3.63, 3.8) is 0 Å². The average Bonchev–Trinajstić information content (AvgIpc) is 3.10. The van der Waals surface area contributed by atoms with Gasteiger partial charge in [0.25, 0.3) is 6.01 Å². The Bertz CT molecular complexity index is 1090. The third kappa shape index (κ3) is 5.18. The van der Waals surface area contributed by atoms with Gasteiger partial charge in [-0.1, -0.05) is 41.9 Å². The third-order valence-corrected chi connectivity index (χ3v) is 5.93. The van der Waals surface area contributed by atoms with Crippen molar-refractivity contribution in [2.75, 3.05) is 13.2 Å². The van der Waals surface area contributed by atoms with E-state index in [9.17, 15) is 4.79 Å². The molecule has 0 N–H and O–H groups in total. The Morgan fingerprint density at radius 2 is 1.88 bits per heavy atom. The molecule has 1 aliphatic heterocycles. The minimum atomic E-state index is -0.525. The van der Waals surface area contributed by atoms with Crippen LogP contribution in [0.25, 0.3) is 11.0 Å². The number of aromatic nitrogens is 2. The monoisotopic (exact) mass is 455 g/mol. The van der Waals surface area contributed by atoms with Crippen molar-refractivity contribution in [3.8, 4) is 6.01 Å². The van der Waals surface area contributed by atoms with Crippen molar-refractivity contribution >= 4 is 28.7 Å². The van der Waals surface area contributed by atoms with E-state index in [0.717, 1.165) is 35.9 Å². The average molecular weight is 456 g/mol. The molecule has 3 aromatic rings. The van der Waals surface area contributed by atoms with Crippen molar-refractivity contribution in [2.45, 2.75) is 58.2 Å². The molecule has 4 rings (SSSR count). The maximum absolute atomic E-state index is 12.7. The molecule has 1 fully saturated rings. The number of amides is 1. The molecule has 2 heterocycles. The van der Waals surface area contributed by atoms with E-state index in [4.69, 9.17) is 26.1 Å². The molecule has 170 valence electrons. The van der Waals surface area contributed by atoms with Gasteiger partial charge in [-0.25, -0.2) is 4.79 Å². The Hall–Kier alpha value is -2.73. The summed E-state index contributed by atoms with van der Waals surface area (Å²) in [6, 6.07) is 16.2. The van der Waals surface area contributed by atoms with Crippen LogP contribution in [0.3, 0.4) is 0 Å². The number of benzene rings is 2. The first-order chi connectivity index (χ1) is 15.3. The van der Waals surface area contributed by atoms with Gasteiger partial charge in [-0.3, -0.25) is 4.57 Å². The van der Waals surface area contributed by atoms with Gasteiger partial charge in [0, 0.05) is 11.6 Å². The SMILES string of the molecule is CC(C)(C)OC(=O)N1CCCCC1COc1nc2ccccc2n1Cc1ccccc1Cl. The molecule has 6 nitrogen and oxygen atoms in total. The molecule has 32 heavy (non-hydrogen) atoms. The minimum absolute atomic E-state index is 0.0489. The second kappa shape index (κ2) is 9.41. The summed E-state index contributed by atoms with van der Waals surface area (Å²) >= 11 is 6.42. The second-order valence-electron chi connectivity index (χ2n) is 9.19. The fraction of sp³-hybridized carbons (Fsp3) is 0.440. The molecule has 0 aliphatic carbocycles. The number of ether oxygens (including phenoxy) is 2. The van der Waals surface area contributed by atoms with Crippen LogP contribution in [0.4, 0.5) is 4.79 Å². The van der Waals surface area contributed by atoms with Crippen LogP contribution in [-0.4, -0.2) is 45.3 Å². The van der Waals surface area contributed by atoms with Crippen LogP contribution >= 0.6 is 11.6 Å². The molecule has 1 aromatic heterocycles. The van der Waals surface area contributed by atoms with Crippen LogP contribution in [0.1, 0.15) is 45.6 Å². The lowest BCUT2D eigenvalue weighted by atomic mass is 10.0. The van der Waals surface area contributed by atoms with Crippen molar-refractivity contribution in [3.05, 3.63) is 59.1 Å². The van der Waals surface area contributed by atoms with E-state index in [1.165, 1.54) is 0 Å². The normalized spacial score (nSPS) is 16.9. The van der Waals surface area contributed by atoms with Gasteiger partial charge in [-0.15, -0.1) is 0 Å². The fourth-order valence-electron chi connectivity index (χ4n) is 4.02. The predicted molar refractivity (Wildman–Crippen MR) is 126 cm³/mol. The molecule has 0 radical (unpaired) electrons. The number of likely N-dealkylation sites (tertiary alicyclic amines) is 1. The first-order valence-electron chi connectivity index (χ1n) is 11.1. The summed E-state index contributed by atoms with van der Waals surface area (Å²) in [6.45, 7) is 7.26. The van der Waals surface area contributed by atoms with E-state index in [-0.39, 0.29) is 12.1 Å². The van der Waals surface area contributed by atoms with Crippen LogP contribution in [-0.2, 0) is 11.3 Å². The lowest BCUT2D eigenvalue weighted by Gasteiger charge is -2.36. The quantitative estimate of drug-likeness (QED) is 0.480. The van der Waals surface area contributed by atoms with Crippen molar-refractivity contribution < 1.29 is 14.3 Å². The highest BCUT2D eigenvalue weighted by atomic mass is 35.5. The summed E-state index contributed by atoms with van der Waals surface area (Å²) in [5.74, 6) is 0. The summed E-state index contributed by atoms with van der Waals surface area (Å²) in [5.41, 5.74) is 2.32. The number of halogens is 1. The highest BCUT2D eigenvalue weighted by Gasteiger charge is 2.31. The van der Waals surface area contributed by atoms with Gasteiger partial charge >= 0.3 is 6.09 Å². The molecular weight excluding hydrogens is 426 g/mol. The van der Waals surface area contributed by atoms with E-state index in [1.54, 1.807) is 4.90 Å². The van der Waals surface area contributed by atoms with E-state index >= 15 is 0 Å². The van der Waals surface area contributed by atoms with Crippen molar-refractivity contribution in [1.82, 2.24) is 14.5 Å². The van der Waals surface area contributed by atoms with E-state index in [2.05, 4.69) is 0 Å². The highest BCUT2D eigenvalue weighted by Crippen LogP contribution is 2.27. The zero-order valence-electron chi connectivity index (χ0n) is 18.9. The Morgan fingerprint density at radius 1 is 1.12 bits per heavy atom. The molecule has 1 amide bonds. The summed E-state index contributed by atoms with van der Waals surface area (Å²) < 4.78 is 13.9. The number of imidazole rings is 1. The standard InChI is InChI=1S/C25H30ClN3O3/c1-25(2,3)32-24(30)28-15-9-8-11-19(28)17-31-23-27-21-13-6-7-14-22(21)29(23)16-18-10-4-5-12-20(18)26/h4-7,10,12-14,19H,8-9,11,15-17H2,1-3H3. The Morgan fingerprint density at radius 3 is 2.66 bits per heavy atom. The molecule has 1 saturated heterocycles. The number of hydrogen-bond acceptors (Lipinski definition) is 4. The molecule has 1 unspecified atom stereocenters. The number of carbonyl (C=O) groups excluding carboxylic acids is 1. The lowest BCUT2D eigenvalue weighted by Crippen LogP contribution is -2.48. The molecule has 1 atom stereocenters. The lowest BCUT2D eigenvalue weighted by molar-refractivity contribution is 0.00290. The molecule has 0 saturated carbocycles. The summed E-state index contributed by atoms with van der Waals surface area (Å²) in [7, 11) is 0. The number of nitrogens with zero attached hydrogens (tertiary/aromatic N) is 3. The molecule has 1 aliphatic rings. The van der Waals surface area contributed by atoms with Gasteiger partial charge in [0.2, 0.25) is 0 Å². The highest BCUT2D eigenvalue weighted by molar-refractivity contribution is 6.31. The van der Waals surface area contributed by atoms with Crippen LogP contribution in [0.5, 0.6) is 6.01 Å². The second-order valence-corrected chi connectivity index (χ2v) is 9.60. The van der Waals surface area contributed by atoms with Gasteiger partial charge < -0.3 is 14.4 Å². The molecular formula is C25H30ClN3O3. The van der Waals surface area contributed by atoms with Crippen molar-refractivity contribution in [1.29, 1.82) is 0 Å². The molecule has 0 bridgehead atoms. The molecule has 0 spiro atoms. The Balaban J connectivity index is 1.56. The van der Waals surface area contributed by atoms with Gasteiger partial charge in [-0.2, -0.15) is 4.98 Å². The smallest absolute Gasteiger partial charge is 0.410 e. The topological polar surface area (TPSA) is 56.6 Å². The zero-order valence-corrected chi connectivity index (χ0v) is 19.6. The maximum Gasteiger partial charge on any atom is 0.410 e. The largest absolute Gasteiger partial charge is 0.462 e. The summed E-state index contributed by atoms with van der Waals surface area (Å²) in [5, 5.41) is 0.708. The van der Waals surface area contributed by atoms with Gasteiger partial charge in [0.15, 0.2) is 0 Å². The van der Waals surface area contributed by atoms with Crippen LogP contribution in [0.2, 0.25) is 5.02 Å². The molecule has 2 aromatic carbocycles. The number of carbonyl (C=O) groups is 1. The van der Waals surface area contributed by atoms with E-state index < -0.39 is 5.60 Å². The first kappa shape index (κ1) is 22.5. The van der Waals surface area contributed by atoms with Gasteiger partial charge in [-0.05, 0) is 63.8 Å². The first-order valence-corrected chi connectivity index (χ1v) is 11.5. The Kier molecular flexibility index (Phi) is 6.60. The molecule has 7 heteroatoms. The third-order valence-electron chi connectivity index (χ3n) is 5.57. The number of hydrogen-bond donors (Lipinski definition) is 0. The van der Waals surface area contributed by atoms with Crippen LogP contribution < -0.4 is 4.74 Å². The Labute approximate surface area is 194 Å². The number of fused-ring (bicyclic) bond motifs is 1. The van der Waals surface area contributed by atoms with Crippen LogP contribution in [0, 0.1) is 0 Å². The number of piperidine rings is 1. The van der Waals surface area contributed by atoms with Gasteiger partial charge in [0.05, 0.1) is 23.6 Å². The van der Waals surface area contributed by atoms with Gasteiger partial charge in [0.1, 0.15) is 12.2 Å². The minimum Gasteiger partial charge on any atom is -0.462 e. The van der Waals surface area contributed by atoms with E-state index in [0.29, 0.717) is 30.7 Å². The predicted octanol–water partition coefficient (Wildman–Crippen LogP) is 5.91. The zero-order chi connectivity index (χ0) is 22.7. The van der Waals surface area contributed by atoms with Crippen LogP contribution in [0.15, 0.2) is 48.5 Å². The summed E-state index contributed by atoms with van der Waals surface area (Å²) in [4.78, 5) is 19.3. The fourth-order valence-corrected chi connectivity index (χ4v) is 4.21. The maximum atomic E-state index is 12.7. The van der Waals surface area contributed by atoms with Crippen molar-refractivity contribution in [2.24, 2.45) is 0 Å². The number of rotatable bonds is 5. The number of para-hydroxylation sites is 2. The summed E-state index contributed by atoms with van der Waals surface area (Å²) in [6.07, 6.45) is 2.63.